The highest BCUT2D eigenvalue weighted by atomic mass is 15.2. The number of rotatable bonds is 5. The van der Waals surface area contributed by atoms with E-state index in [-0.39, 0.29) is 0 Å². The van der Waals surface area contributed by atoms with Gasteiger partial charge >= 0.3 is 0 Å². The summed E-state index contributed by atoms with van der Waals surface area (Å²) in [5.74, 6) is 1.12. The third kappa shape index (κ3) is 3.49. The van der Waals surface area contributed by atoms with Gasteiger partial charge in [-0.3, -0.25) is 0 Å². The van der Waals surface area contributed by atoms with Crippen molar-refractivity contribution in [3.63, 3.8) is 0 Å². The van der Waals surface area contributed by atoms with Crippen molar-refractivity contribution in [2.75, 3.05) is 32.1 Å². The normalized spacial score (nSPS) is 21.1. The van der Waals surface area contributed by atoms with Crippen LogP contribution in [0.1, 0.15) is 31.4 Å². The minimum absolute atomic E-state index is 0.630. The van der Waals surface area contributed by atoms with Crippen LogP contribution in [0.3, 0.4) is 0 Å². The first kappa shape index (κ1) is 13.8. The molecule has 1 aliphatic carbocycles. The number of nitrogens with one attached hydrogen (secondary N) is 1. The lowest BCUT2D eigenvalue weighted by atomic mass is 10.0. The average molecular weight is 274 g/mol. The van der Waals surface area contributed by atoms with Gasteiger partial charge in [-0.15, -0.1) is 0 Å². The second-order valence-corrected chi connectivity index (χ2v) is 6.29. The molecule has 20 heavy (non-hydrogen) atoms. The van der Waals surface area contributed by atoms with Gasteiger partial charge in [0.15, 0.2) is 0 Å². The number of hydrogen-bond acceptors (Lipinski definition) is 4. The van der Waals surface area contributed by atoms with Crippen molar-refractivity contribution in [1.29, 1.82) is 0 Å². The number of piperidine rings is 1. The Hall–Kier alpha value is -1.13. The molecule has 0 bridgehead atoms. The summed E-state index contributed by atoms with van der Waals surface area (Å²) < 4.78 is 0. The van der Waals surface area contributed by atoms with Crippen molar-refractivity contribution in [2.45, 2.75) is 44.3 Å². The van der Waals surface area contributed by atoms with Gasteiger partial charge in [-0.25, -0.2) is 4.98 Å². The summed E-state index contributed by atoms with van der Waals surface area (Å²) in [6.07, 6.45) is 5.13. The fraction of sp³-hybridized carbons (Fsp3) is 0.688. The number of likely N-dealkylation sites (tertiary alicyclic amines) is 1. The molecule has 1 aromatic rings. The van der Waals surface area contributed by atoms with Crippen LogP contribution >= 0.6 is 0 Å². The van der Waals surface area contributed by atoms with Crippen LogP contribution in [0.4, 0.5) is 5.82 Å². The molecule has 2 aliphatic rings. The molecule has 1 aliphatic heterocycles. The molecule has 0 aromatic carbocycles. The maximum atomic E-state index is 4.82. The van der Waals surface area contributed by atoms with E-state index in [0.29, 0.717) is 6.04 Å². The predicted molar refractivity (Wildman–Crippen MR) is 83.0 cm³/mol. The summed E-state index contributed by atoms with van der Waals surface area (Å²) in [5, 5.41) is 3.54. The quantitative estimate of drug-likeness (QED) is 0.888. The number of aromatic nitrogens is 1. The van der Waals surface area contributed by atoms with Crippen LogP contribution in [-0.2, 0) is 6.54 Å². The SMILES string of the molecule is CN1CCC(N(C)c2cccc(CNC3CC3)n2)CC1. The molecule has 0 unspecified atom stereocenters. The number of hydrogen-bond donors (Lipinski definition) is 1. The number of pyridine rings is 1. The minimum Gasteiger partial charge on any atom is -0.357 e. The van der Waals surface area contributed by atoms with Gasteiger partial charge in [-0.2, -0.15) is 0 Å². The van der Waals surface area contributed by atoms with Gasteiger partial charge in [0.05, 0.1) is 5.69 Å². The summed E-state index contributed by atoms with van der Waals surface area (Å²) in [6.45, 7) is 3.29. The molecule has 2 fully saturated rings. The number of anilines is 1. The first-order chi connectivity index (χ1) is 9.72. The second kappa shape index (κ2) is 6.10. The Morgan fingerprint density at radius 1 is 1.25 bits per heavy atom. The van der Waals surface area contributed by atoms with Crippen molar-refractivity contribution in [1.82, 2.24) is 15.2 Å². The maximum absolute atomic E-state index is 4.82. The van der Waals surface area contributed by atoms with Gasteiger partial charge < -0.3 is 15.1 Å². The van der Waals surface area contributed by atoms with Crippen LogP contribution in [0, 0.1) is 0 Å². The summed E-state index contributed by atoms with van der Waals surface area (Å²) >= 11 is 0. The lowest BCUT2D eigenvalue weighted by Gasteiger charge is -2.35. The van der Waals surface area contributed by atoms with Gasteiger partial charge in [0.2, 0.25) is 0 Å². The Morgan fingerprint density at radius 3 is 2.70 bits per heavy atom. The minimum atomic E-state index is 0.630. The van der Waals surface area contributed by atoms with E-state index in [0.717, 1.165) is 24.1 Å². The molecule has 4 nitrogen and oxygen atoms in total. The fourth-order valence-electron chi connectivity index (χ4n) is 2.87. The van der Waals surface area contributed by atoms with Gasteiger partial charge in [-0.1, -0.05) is 6.07 Å². The van der Waals surface area contributed by atoms with E-state index in [1.165, 1.54) is 38.8 Å². The molecule has 3 rings (SSSR count). The highest BCUT2D eigenvalue weighted by Crippen LogP contribution is 2.21. The molecule has 0 amide bonds. The van der Waals surface area contributed by atoms with Crippen molar-refractivity contribution in [3.05, 3.63) is 23.9 Å². The number of nitrogens with zero attached hydrogens (tertiary/aromatic N) is 3. The van der Waals surface area contributed by atoms with Crippen molar-refractivity contribution in [2.24, 2.45) is 0 Å². The van der Waals surface area contributed by atoms with E-state index in [9.17, 15) is 0 Å². The standard InChI is InChI=1S/C16H26N4/c1-19-10-8-15(9-11-19)20(2)16-5-3-4-14(18-16)12-17-13-6-7-13/h3-5,13,15,17H,6-12H2,1-2H3. The topological polar surface area (TPSA) is 31.4 Å². The van der Waals surface area contributed by atoms with E-state index in [1.807, 2.05) is 0 Å². The highest BCUT2D eigenvalue weighted by Gasteiger charge is 2.22. The molecule has 1 N–H and O–H groups in total. The average Bonchev–Trinajstić information content (AvgIpc) is 3.30. The lowest BCUT2D eigenvalue weighted by molar-refractivity contribution is 0.252. The zero-order valence-corrected chi connectivity index (χ0v) is 12.7. The van der Waals surface area contributed by atoms with Gasteiger partial charge in [0, 0.05) is 25.7 Å². The molecule has 110 valence electrons. The van der Waals surface area contributed by atoms with Crippen LogP contribution in [0.25, 0.3) is 0 Å². The van der Waals surface area contributed by atoms with Crippen molar-refractivity contribution < 1.29 is 0 Å². The molecular formula is C16H26N4. The Balaban J connectivity index is 1.61. The summed E-state index contributed by atoms with van der Waals surface area (Å²) in [4.78, 5) is 9.60. The van der Waals surface area contributed by atoms with Crippen LogP contribution in [0.15, 0.2) is 18.2 Å². The Bertz CT molecular complexity index is 436. The Labute approximate surface area is 122 Å². The third-order valence-corrected chi connectivity index (χ3v) is 4.54. The maximum Gasteiger partial charge on any atom is 0.128 e. The van der Waals surface area contributed by atoms with Gasteiger partial charge in [0.25, 0.3) is 0 Å². The van der Waals surface area contributed by atoms with Crippen molar-refractivity contribution in [3.8, 4) is 0 Å². The summed E-state index contributed by atoms with van der Waals surface area (Å²) in [7, 11) is 4.40. The van der Waals surface area contributed by atoms with E-state index >= 15 is 0 Å². The summed E-state index contributed by atoms with van der Waals surface area (Å²) in [5.41, 5.74) is 1.16. The second-order valence-electron chi connectivity index (χ2n) is 6.29. The van der Waals surface area contributed by atoms with Crippen LogP contribution in [-0.4, -0.2) is 49.2 Å². The smallest absolute Gasteiger partial charge is 0.128 e. The largest absolute Gasteiger partial charge is 0.357 e. The molecule has 1 saturated heterocycles. The van der Waals surface area contributed by atoms with Crippen molar-refractivity contribution >= 4 is 5.82 Å². The van der Waals surface area contributed by atoms with Crippen LogP contribution in [0.2, 0.25) is 0 Å². The fourth-order valence-corrected chi connectivity index (χ4v) is 2.87. The lowest BCUT2D eigenvalue weighted by Crippen LogP contribution is -2.42. The van der Waals surface area contributed by atoms with Crippen LogP contribution < -0.4 is 10.2 Å². The molecule has 4 heteroatoms. The van der Waals surface area contributed by atoms with E-state index < -0.39 is 0 Å². The predicted octanol–water partition coefficient (Wildman–Crippen LogP) is 1.86. The van der Waals surface area contributed by atoms with E-state index in [2.05, 4.69) is 47.4 Å². The highest BCUT2D eigenvalue weighted by molar-refractivity contribution is 5.39. The first-order valence-corrected chi connectivity index (χ1v) is 7.83. The van der Waals surface area contributed by atoms with Crippen LogP contribution in [0.5, 0.6) is 0 Å². The summed E-state index contributed by atoms with van der Waals surface area (Å²) in [6, 6.07) is 7.77. The van der Waals surface area contributed by atoms with Gasteiger partial charge in [-0.05, 0) is 58.0 Å². The molecular weight excluding hydrogens is 248 g/mol. The molecule has 1 aromatic heterocycles. The monoisotopic (exact) mass is 274 g/mol. The zero-order valence-electron chi connectivity index (χ0n) is 12.7. The molecule has 0 radical (unpaired) electrons. The molecule has 0 atom stereocenters. The zero-order chi connectivity index (χ0) is 13.9. The molecule has 2 heterocycles. The first-order valence-electron chi connectivity index (χ1n) is 7.83. The van der Waals surface area contributed by atoms with E-state index in [4.69, 9.17) is 4.98 Å². The van der Waals surface area contributed by atoms with E-state index in [1.54, 1.807) is 0 Å². The Kier molecular flexibility index (Phi) is 4.22. The molecule has 0 spiro atoms. The van der Waals surface area contributed by atoms with Gasteiger partial charge in [0.1, 0.15) is 5.82 Å². The Morgan fingerprint density at radius 2 is 2.00 bits per heavy atom. The molecule has 1 saturated carbocycles. The third-order valence-electron chi connectivity index (χ3n) is 4.54.